The lowest BCUT2D eigenvalue weighted by Crippen LogP contribution is -1.93. The molecule has 4 heteroatoms. The Morgan fingerprint density at radius 3 is 1.62 bits per heavy atom. The zero-order valence-electron chi connectivity index (χ0n) is 10.9. The molecule has 0 atom stereocenters. The van der Waals surface area contributed by atoms with Crippen LogP contribution in [0.3, 0.4) is 0 Å². The van der Waals surface area contributed by atoms with Gasteiger partial charge in [0.05, 0.1) is 0 Å². The minimum Gasteiger partial charge on any atom is -0.521 e. The molecular formula is C12H27AlO3. The van der Waals surface area contributed by atoms with Crippen molar-refractivity contribution in [3.05, 3.63) is 0 Å². The molecule has 2 N–H and O–H groups in total. The van der Waals surface area contributed by atoms with Crippen molar-refractivity contribution in [1.29, 1.82) is 0 Å². The summed E-state index contributed by atoms with van der Waals surface area (Å²) in [6, 6.07) is 0. The number of hydrogen-bond acceptors (Lipinski definition) is 2. The van der Waals surface area contributed by atoms with Crippen LogP contribution in [0, 0.1) is 0 Å². The van der Waals surface area contributed by atoms with E-state index < -0.39 is 5.97 Å². The third-order valence-electron chi connectivity index (χ3n) is 2.49. The molecule has 0 radical (unpaired) electrons. The van der Waals surface area contributed by atoms with Crippen molar-refractivity contribution in [2.45, 2.75) is 71.1 Å². The second-order valence-electron chi connectivity index (χ2n) is 3.97. The number of hydrogen-bond donors (Lipinski definition) is 2. The summed E-state index contributed by atoms with van der Waals surface area (Å²) in [6.45, 7) is 2.23. The van der Waals surface area contributed by atoms with E-state index in [2.05, 4.69) is 6.92 Å². The molecule has 0 aliphatic rings. The number of carboxylic acid groups (broad SMARTS) is 1. The van der Waals surface area contributed by atoms with E-state index in [0.29, 0.717) is 23.0 Å². The lowest BCUT2D eigenvalue weighted by molar-refractivity contribution is -0.137. The summed E-state index contributed by atoms with van der Waals surface area (Å²) in [5, 5.41) is 8.41. The number of unbranched alkanes of at least 4 members (excludes halogenated alkanes) is 8. The van der Waals surface area contributed by atoms with Gasteiger partial charge in [0.25, 0.3) is 0 Å². The van der Waals surface area contributed by atoms with E-state index in [1.807, 2.05) is 0 Å². The van der Waals surface area contributed by atoms with E-state index >= 15 is 0 Å². The van der Waals surface area contributed by atoms with Crippen molar-refractivity contribution in [2.75, 3.05) is 0 Å². The maximum Gasteiger partial charge on any atom is 0.407 e. The van der Waals surface area contributed by atoms with Gasteiger partial charge in [-0.1, -0.05) is 58.3 Å². The summed E-state index contributed by atoms with van der Waals surface area (Å²) in [5.41, 5.74) is 0. The largest absolute Gasteiger partial charge is 0.521 e. The van der Waals surface area contributed by atoms with E-state index in [4.69, 9.17) is 9.26 Å². The third kappa shape index (κ3) is 19.5. The van der Waals surface area contributed by atoms with Gasteiger partial charge in [0.15, 0.2) is 0 Å². The van der Waals surface area contributed by atoms with Crippen molar-refractivity contribution in [3.63, 3.8) is 0 Å². The molecule has 0 bridgehead atoms. The number of carboxylic acids is 1. The van der Waals surface area contributed by atoms with E-state index in [1.54, 1.807) is 0 Å². The lowest BCUT2D eigenvalue weighted by atomic mass is 10.1. The van der Waals surface area contributed by atoms with Gasteiger partial charge >= 0.3 is 22.6 Å². The Morgan fingerprint density at radius 2 is 1.25 bits per heavy atom. The minimum atomic E-state index is -0.659. The molecule has 0 aromatic rings. The first kappa shape index (κ1) is 18.3. The Hall–Kier alpha value is -0.0375. The van der Waals surface area contributed by atoms with Crippen LogP contribution in [0.15, 0.2) is 0 Å². The van der Waals surface area contributed by atoms with Crippen LogP contribution in [0.1, 0.15) is 71.1 Å². The summed E-state index contributed by atoms with van der Waals surface area (Å²) >= 11 is 0.306. The van der Waals surface area contributed by atoms with Crippen LogP contribution in [0.2, 0.25) is 0 Å². The molecule has 0 aliphatic heterocycles. The molecule has 0 saturated heterocycles. The molecule has 0 saturated carbocycles. The standard InChI is InChI=1S/C12H24O2.Al.H2O.2H/c1-2-3-4-5-6-7-8-9-10-11-12(13)14;;;;/h2-11H2,1H3,(H,13,14);;1H2;;/q;+1;;;/p-1. The molecule has 96 valence electrons. The topological polar surface area (TPSA) is 57.5 Å². The SMILES string of the molecule is CCCCCCCCCCCC(=O)O.[OH][AlH2]. The molecule has 0 aromatic carbocycles. The molecule has 0 aliphatic carbocycles. The van der Waals surface area contributed by atoms with Crippen molar-refractivity contribution >= 4 is 22.6 Å². The highest BCUT2D eigenvalue weighted by molar-refractivity contribution is 5.95. The highest BCUT2D eigenvalue weighted by Crippen LogP contribution is 2.10. The zero-order chi connectivity index (χ0) is 12.6. The van der Waals surface area contributed by atoms with Crippen LogP contribution in [0.5, 0.6) is 0 Å². The Morgan fingerprint density at radius 1 is 0.875 bits per heavy atom. The summed E-state index contributed by atoms with van der Waals surface area (Å²) in [4.78, 5) is 10.2. The Labute approximate surface area is 108 Å². The van der Waals surface area contributed by atoms with E-state index in [0.717, 1.165) is 12.8 Å². The molecule has 3 nitrogen and oxygen atoms in total. The van der Waals surface area contributed by atoms with Crippen molar-refractivity contribution in [1.82, 2.24) is 0 Å². The first-order valence-corrected chi connectivity index (χ1v) is 7.33. The summed E-state index contributed by atoms with van der Waals surface area (Å²) in [7, 11) is 0. The Kier molecular flexibility index (Phi) is 19.9. The molecule has 0 rings (SSSR count). The summed E-state index contributed by atoms with van der Waals surface area (Å²) < 4.78 is 7.14. The van der Waals surface area contributed by atoms with Crippen LogP contribution in [-0.4, -0.2) is 31.9 Å². The molecule has 0 unspecified atom stereocenters. The first-order valence-electron chi connectivity index (χ1n) is 6.44. The van der Waals surface area contributed by atoms with Gasteiger partial charge < -0.3 is 9.26 Å². The van der Waals surface area contributed by atoms with Crippen LogP contribution in [-0.2, 0) is 4.79 Å². The highest BCUT2D eigenvalue weighted by atomic mass is 27.1. The van der Waals surface area contributed by atoms with Gasteiger partial charge in [0, 0.05) is 6.42 Å². The maximum atomic E-state index is 10.2. The predicted molar refractivity (Wildman–Crippen MR) is 70.2 cm³/mol. The summed E-state index contributed by atoms with van der Waals surface area (Å²) in [6.07, 6.45) is 11.5. The van der Waals surface area contributed by atoms with Gasteiger partial charge in [-0.2, -0.15) is 0 Å². The quantitative estimate of drug-likeness (QED) is 0.460. The smallest absolute Gasteiger partial charge is 0.407 e. The zero-order valence-corrected chi connectivity index (χ0v) is 12.9. The normalized spacial score (nSPS) is 9.38. The second kappa shape index (κ2) is 17.4. The molecule has 16 heavy (non-hydrogen) atoms. The van der Waals surface area contributed by atoms with Gasteiger partial charge in [-0.3, -0.25) is 4.79 Å². The van der Waals surface area contributed by atoms with Crippen LogP contribution in [0.25, 0.3) is 0 Å². The Balaban J connectivity index is 0. The Bertz CT molecular complexity index is 140. The molecule has 0 spiro atoms. The third-order valence-corrected chi connectivity index (χ3v) is 2.49. The number of carbonyl (C=O) groups is 1. The van der Waals surface area contributed by atoms with E-state index in [-0.39, 0.29) is 0 Å². The molecule has 0 heterocycles. The van der Waals surface area contributed by atoms with Crippen molar-refractivity contribution < 1.29 is 14.1 Å². The lowest BCUT2D eigenvalue weighted by Gasteiger charge is -2.00. The first-order chi connectivity index (χ1) is 7.77. The van der Waals surface area contributed by atoms with Gasteiger partial charge in [-0.05, 0) is 6.42 Å². The predicted octanol–water partition coefficient (Wildman–Crippen LogP) is 2.52. The highest BCUT2D eigenvalue weighted by Gasteiger charge is 1.96. The molecule has 0 amide bonds. The molecule has 0 fully saturated rings. The van der Waals surface area contributed by atoms with Crippen molar-refractivity contribution in [2.24, 2.45) is 0 Å². The second-order valence-corrected chi connectivity index (χ2v) is 3.97. The van der Waals surface area contributed by atoms with Crippen LogP contribution >= 0.6 is 0 Å². The van der Waals surface area contributed by atoms with Gasteiger partial charge in [-0.15, -0.1) is 0 Å². The average Bonchev–Trinajstić information content (AvgIpc) is 2.29. The fraction of sp³-hybridized carbons (Fsp3) is 0.917. The minimum absolute atomic E-state index is 0.306. The molecule has 0 aromatic heterocycles. The van der Waals surface area contributed by atoms with Crippen LogP contribution < -0.4 is 0 Å². The number of rotatable bonds is 10. The summed E-state index contributed by atoms with van der Waals surface area (Å²) in [5.74, 6) is -0.659. The van der Waals surface area contributed by atoms with Crippen LogP contribution in [0.4, 0.5) is 0 Å². The monoisotopic (exact) mass is 246 g/mol. The fourth-order valence-corrected chi connectivity index (χ4v) is 1.59. The van der Waals surface area contributed by atoms with E-state index in [9.17, 15) is 4.79 Å². The van der Waals surface area contributed by atoms with Gasteiger partial charge in [0.2, 0.25) is 0 Å². The average molecular weight is 246 g/mol. The van der Waals surface area contributed by atoms with E-state index in [1.165, 1.54) is 44.9 Å². The van der Waals surface area contributed by atoms with Gasteiger partial charge in [0.1, 0.15) is 0 Å². The molecular weight excluding hydrogens is 219 g/mol. The fourth-order valence-electron chi connectivity index (χ4n) is 1.59. The number of aliphatic carboxylic acids is 1. The maximum absolute atomic E-state index is 10.2. The van der Waals surface area contributed by atoms with Gasteiger partial charge in [-0.25, -0.2) is 0 Å². The van der Waals surface area contributed by atoms with Crippen molar-refractivity contribution in [3.8, 4) is 0 Å².